The summed E-state index contributed by atoms with van der Waals surface area (Å²) in [6, 6.07) is 8.41. The van der Waals surface area contributed by atoms with Crippen molar-refractivity contribution in [1.82, 2.24) is 15.5 Å². The quantitative estimate of drug-likeness (QED) is 0.942. The molecule has 1 aromatic carbocycles. The maximum Gasteiger partial charge on any atom is 0.124 e. The van der Waals surface area contributed by atoms with Crippen LogP contribution in [0, 0.1) is 5.82 Å². The van der Waals surface area contributed by atoms with Gasteiger partial charge in [-0.15, -0.1) is 0 Å². The zero-order chi connectivity index (χ0) is 12.1. The van der Waals surface area contributed by atoms with E-state index in [9.17, 15) is 4.39 Å². The highest BCUT2D eigenvalue weighted by Gasteiger charge is 2.01. The fourth-order valence-electron chi connectivity index (χ4n) is 1.42. The first-order valence-electron chi connectivity index (χ1n) is 5.17. The van der Waals surface area contributed by atoms with Crippen molar-refractivity contribution in [2.75, 3.05) is 0 Å². The Balaban J connectivity index is 1.90. The van der Waals surface area contributed by atoms with Crippen LogP contribution in [0.3, 0.4) is 0 Å². The lowest BCUT2D eigenvalue weighted by atomic mass is 10.2. The smallest absolute Gasteiger partial charge is 0.124 e. The Morgan fingerprint density at radius 2 is 2.12 bits per heavy atom. The average molecular weight is 296 g/mol. The summed E-state index contributed by atoms with van der Waals surface area (Å²) in [4.78, 5) is 0. The molecule has 0 aliphatic heterocycles. The zero-order valence-electron chi connectivity index (χ0n) is 9.03. The van der Waals surface area contributed by atoms with Gasteiger partial charge in [-0.2, -0.15) is 10.2 Å². The Hall–Kier alpha value is -1.33. The van der Waals surface area contributed by atoms with Gasteiger partial charge in [0, 0.05) is 23.8 Å². The van der Waals surface area contributed by atoms with Crippen LogP contribution in [-0.4, -0.2) is 10.2 Å². The van der Waals surface area contributed by atoms with Gasteiger partial charge in [-0.05, 0) is 29.8 Å². The van der Waals surface area contributed by atoms with E-state index in [4.69, 9.17) is 0 Å². The number of nitrogens with zero attached hydrogens (tertiary/aromatic N) is 2. The molecule has 0 spiro atoms. The molecule has 88 valence electrons. The van der Waals surface area contributed by atoms with Crippen molar-refractivity contribution >= 4 is 15.9 Å². The standard InChI is InChI=1S/C12H11BrFN3/c13-12-6-10(14)4-3-9(12)7-15-8-11-2-1-5-16-17-11/h1-6,15H,7-8H2. The molecule has 1 heterocycles. The number of hydrogen-bond donors (Lipinski definition) is 1. The van der Waals surface area contributed by atoms with E-state index in [0.717, 1.165) is 15.7 Å². The van der Waals surface area contributed by atoms with Gasteiger partial charge >= 0.3 is 0 Å². The fourth-order valence-corrected chi connectivity index (χ4v) is 1.91. The monoisotopic (exact) mass is 295 g/mol. The first-order valence-corrected chi connectivity index (χ1v) is 5.96. The topological polar surface area (TPSA) is 37.8 Å². The molecule has 17 heavy (non-hydrogen) atoms. The van der Waals surface area contributed by atoms with E-state index in [1.807, 2.05) is 12.1 Å². The van der Waals surface area contributed by atoms with Gasteiger partial charge in [0.1, 0.15) is 5.82 Å². The molecule has 0 saturated carbocycles. The summed E-state index contributed by atoms with van der Waals surface area (Å²) in [5.74, 6) is -0.241. The summed E-state index contributed by atoms with van der Waals surface area (Å²) in [6.45, 7) is 1.29. The van der Waals surface area contributed by atoms with E-state index < -0.39 is 0 Å². The summed E-state index contributed by atoms with van der Waals surface area (Å²) in [5.41, 5.74) is 1.89. The zero-order valence-corrected chi connectivity index (χ0v) is 10.6. The fraction of sp³-hybridized carbons (Fsp3) is 0.167. The van der Waals surface area contributed by atoms with Crippen molar-refractivity contribution in [3.63, 3.8) is 0 Å². The van der Waals surface area contributed by atoms with Crippen LogP contribution in [0.1, 0.15) is 11.3 Å². The van der Waals surface area contributed by atoms with Crippen LogP contribution in [0.2, 0.25) is 0 Å². The summed E-state index contributed by atoms with van der Waals surface area (Å²) in [7, 11) is 0. The maximum absolute atomic E-state index is 12.9. The number of benzene rings is 1. The Morgan fingerprint density at radius 3 is 2.82 bits per heavy atom. The minimum Gasteiger partial charge on any atom is -0.307 e. The Morgan fingerprint density at radius 1 is 1.24 bits per heavy atom. The molecule has 0 unspecified atom stereocenters. The van der Waals surface area contributed by atoms with E-state index in [-0.39, 0.29) is 5.82 Å². The summed E-state index contributed by atoms with van der Waals surface area (Å²) in [5, 5.41) is 11.0. The van der Waals surface area contributed by atoms with Crippen molar-refractivity contribution in [1.29, 1.82) is 0 Å². The van der Waals surface area contributed by atoms with Gasteiger partial charge in [0.15, 0.2) is 0 Å². The summed E-state index contributed by atoms with van der Waals surface area (Å²) < 4.78 is 13.6. The van der Waals surface area contributed by atoms with Crippen molar-refractivity contribution in [2.24, 2.45) is 0 Å². The van der Waals surface area contributed by atoms with Gasteiger partial charge in [-0.1, -0.05) is 22.0 Å². The van der Waals surface area contributed by atoms with E-state index in [1.54, 1.807) is 12.3 Å². The summed E-state index contributed by atoms with van der Waals surface area (Å²) in [6.07, 6.45) is 1.64. The van der Waals surface area contributed by atoms with Crippen LogP contribution in [0.4, 0.5) is 4.39 Å². The van der Waals surface area contributed by atoms with Crippen LogP contribution < -0.4 is 5.32 Å². The number of aromatic nitrogens is 2. The minimum absolute atomic E-state index is 0.241. The molecule has 0 atom stereocenters. The Bertz CT molecular complexity index is 490. The molecule has 0 aliphatic carbocycles. The molecule has 0 radical (unpaired) electrons. The molecule has 0 saturated heterocycles. The second-order valence-electron chi connectivity index (χ2n) is 3.55. The average Bonchev–Trinajstić information content (AvgIpc) is 2.33. The van der Waals surface area contributed by atoms with Gasteiger partial charge < -0.3 is 5.32 Å². The molecule has 0 fully saturated rings. The third-order valence-corrected chi connectivity index (χ3v) is 3.00. The molecule has 5 heteroatoms. The van der Waals surface area contributed by atoms with Gasteiger partial charge in [0.2, 0.25) is 0 Å². The first-order chi connectivity index (χ1) is 8.25. The predicted octanol–water partition coefficient (Wildman–Crippen LogP) is 2.67. The maximum atomic E-state index is 12.9. The van der Waals surface area contributed by atoms with Gasteiger partial charge in [-0.25, -0.2) is 4.39 Å². The second kappa shape index (κ2) is 5.84. The molecule has 3 nitrogen and oxygen atoms in total. The van der Waals surface area contributed by atoms with Crippen LogP contribution >= 0.6 is 15.9 Å². The minimum atomic E-state index is -0.241. The molecule has 0 bridgehead atoms. The van der Waals surface area contributed by atoms with Crippen LogP contribution in [0.25, 0.3) is 0 Å². The number of nitrogens with one attached hydrogen (secondary N) is 1. The van der Waals surface area contributed by atoms with E-state index in [1.165, 1.54) is 12.1 Å². The molecule has 0 aliphatic rings. The lowest BCUT2D eigenvalue weighted by Gasteiger charge is -2.06. The number of rotatable bonds is 4. The normalized spacial score (nSPS) is 10.5. The van der Waals surface area contributed by atoms with Crippen molar-refractivity contribution in [3.05, 3.63) is 58.1 Å². The van der Waals surface area contributed by atoms with E-state index in [2.05, 4.69) is 31.4 Å². The largest absolute Gasteiger partial charge is 0.307 e. The third kappa shape index (κ3) is 3.57. The predicted molar refractivity (Wildman–Crippen MR) is 66.7 cm³/mol. The highest BCUT2D eigenvalue weighted by atomic mass is 79.9. The lowest BCUT2D eigenvalue weighted by molar-refractivity contribution is 0.622. The van der Waals surface area contributed by atoms with Crippen LogP contribution in [-0.2, 0) is 13.1 Å². The second-order valence-corrected chi connectivity index (χ2v) is 4.41. The molecular formula is C12H11BrFN3. The SMILES string of the molecule is Fc1ccc(CNCc2cccnn2)c(Br)c1. The molecule has 2 aromatic rings. The van der Waals surface area contributed by atoms with E-state index in [0.29, 0.717) is 13.1 Å². The van der Waals surface area contributed by atoms with Crippen molar-refractivity contribution < 1.29 is 4.39 Å². The van der Waals surface area contributed by atoms with Gasteiger partial charge in [0.05, 0.1) is 5.69 Å². The highest BCUT2D eigenvalue weighted by Crippen LogP contribution is 2.17. The van der Waals surface area contributed by atoms with Crippen molar-refractivity contribution in [2.45, 2.75) is 13.1 Å². The number of hydrogen-bond acceptors (Lipinski definition) is 3. The van der Waals surface area contributed by atoms with Crippen LogP contribution in [0.5, 0.6) is 0 Å². The summed E-state index contributed by atoms with van der Waals surface area (Å²) >= 11 is 3.33. The molecule has 1 N–H and O–H groups in total. The highest BCUT2D eigenvalue weighted by molar-refractivity contribution is 9.10. The lowest BCUT2D eigenvalue weighted by Crippen LogP contribution is -2.14. The van der Waals surface area contributed by atoms with Gasteiger partial charge in [0.25, 0.3) is 0 Å². The first kappa shape index (κ1) is 12.1. The Labute approximate surface area is 107 Å². The van der Waals surface area contributed by atoms with Crippen LogP contribution in [0.15, 0.2) is 41.0 Å². The number of halogens is 2. The van der Waals surface area contributed by atoms with Crippen molar-refractivity contribution in [3.8, 4) is 0 Å². The molecular weight excluding hydrogens is 285 g/mol. The molecule has 2 rings (SSSR count). The van der Waals surface area contributed by atoms with Gasteiger partial charge in [-0.3, -0.25) is 0 Å². The Kier molecular flexibility index (Phi) is 4.17. The molecule has 1 aromatic heterocycles. The van der Waals surface area contributed by atoms with E-state index >= 15 is 0 Å². The molecule has 0 amide bonds. The third-order valence-electron chi connectivity index (χ3n) is 2.26.